The quantitative estimate of drug-likeness (QED) is 0.835. The number of hydrogen-bond acceptors (Lipinski definition) is 3. The van der Waals surface area contributed by atoms with Crippen LogP contribution in [0.2, 0.25) is 0 Å². The maximum atomic E-state index is 9.47. The fraction of sp³-hybridized carbons (Fsp3) is 0.538. The number of ether oxygens (including phenoxy) is 2. The molecule has 0 amide bonds. The van der Waals surface area contributed by atoms with Gasteiger partial charge in [0.25, 0.3) is 0 Å². The number of aliphatic hydroxyl groups excluding tert-OH is 1. The molecular weight excluding hydrogens is 204 g/mol. The van der Waals surface area contributed by atoms with Crippen molar-refractivity contribution in [2.45, 2.75) is 39.4 Å². The SMILES string of the molecule is CCC(C)Oc1ccc([C@H](C)O)cc1OC. The lowest BCUT2D eigenvalue weighted by molar-refractivity contribution is 0.195. The Kier molecular flexibility index (Phi) is 4.62. The van der Waals surface area contributed by atoms with E-state index in [4.69, 9.17) is 9.47 Å². The van der Waals surface area contributed by atoms with Crippen LogP contribution in [0.5, 0.6) is 11.5 Å². The normalized spacial score (nSPS) is 14.3. The van der Waals surface area contributed by atoms with Crippen molar-refractivity contribution < 1.29 is 14.6 Å². The lowest BCUT2D eigenvalue weighted by Crippen LogP contribution is -2.10. The Balaban J connectivity index is 2.93. The minimum Gasteiger partial charge on any atom is -0.493 e. The number of methoxy groups -OCH3 is 1. The van der Waals surface area contributed by atoms with Gasteiger partial charge in [0.1, 0.15) is 0 Å². The fourth-order valence-electron chi connectivity index (χ4n) is 1.34. The average Bonchev–Trinajstić information content (AvgIpc) is 2.29. The van der Waals surface area contributed by atoms with E-state index in [0.717, 1.165) is 17.7 Å². The zero-order valence-electron chi connectivity index (χ0n) is 10.4. The van der Waals surface area contributed by atoms with E-state index in [0.29, 0.717) is 5.75 Å². The van der Waals surface area contributed by atoms with E-state index < -0.39 is 6.10 Å². The molecule has 0 bridgehead atoms. The Labute approximate surface area is 97.0 Å². The molecule has 2 atom stereocenters. The molecule has 90 valence electrons. The Hall–Kier alpha value is -1.22. The van der Waals surface area contributed by atoms with Crippen LogP contribution in [0.1, 0.15) is 38.9 Å². The molecule has 1 aromatic rings. The lowest BCUT2D eigenvalue weighted by Gasteiger charge is -2.16. The first kappa shape index (κ1) is 12.8. The Morgan fingerprint density at radius 2 is 1.94 bits per heavy atom. The van der Waals surface area contributed by atoms with E-state index in [1.165, 1.54) is 0 Å². The molecule has 3 nitrogen and oxygen atoms in total. The van der Waals surface area contributed by atoms with Gasteiger partial charge in [-0.05, 0) is 38.0 Å². The zero-order valence-corrected chi connectivity index (χ0v) is 10.4. The van der Waals surface area contributed by atoms with Crippen molar-refractivity contribution in [1.82, 2.24) is 0 Å². The van der Waals surface area contributed by atoms with Crippen molar-refractivity contribution in [1.29, 1.82) is 0 Å². The second kappa shape index (κ2) is 5.75. The number of hydrogen-bond donors (Lipinski definition) is 1. The van der Waals surface area contributed by atoms with Crippen LogP contribution in [0, 0.1) is 0 Å². The monoisotopic (exact) mass is 224 g/mol. The molecule has 1 N–H and O–H groups in total. The van der Waals surface area contributed by atoms with E-state index in [9.17, 15) is 5.11 Å². The molecule has 0 fully saturated rings. The van der Waals surface area contributed by atoms with Crippen molar-refractivity contribution in [3.05, 3.63) is 23.8 Å². The molecule has 0 spiro atoms. The molecular formula is C13H20O3. The molecule has 0 saturated carbocycles. The summed E-state index contributed by atoms with van der Waals surface area (Å²) >= 11 is 0. The minimum absolute atomic E-state index is 0.159. The summed E-state index contributed by atoms with van der Waals surface area (Å²) in [6.45, 7) is 5.81. The number of benzene rings is 1. The number of aliphatic hydroxyl groups is 1. The summed E-state index contributed by atoms with van der Waals surface area (Å²) < 4.78 is 11.0. The van der Waals surface area contributed by atoms with Gasteiger partial charge in [-0.25, -0.2) is 0 Å². The Morgan fingerprint density at radius 3 is 2.44 bits per heavy atom. The summed E-state index contributed by atoms with van der Waals surface area (Å²) in [5.74, 6) is 1.39. The predicted molar refractivity (Wildman–Crippen MR) is 64.0 cm³/mol. The first-order valence-corrected chi connectivity index (χ1v) is 5.61. The summed E-state index contributed by atoms with van der Waals surface area (Å²) in [4.78, 5) is 0. The second-order valence-corrected chi connectivity index (χ2v) is 3.92. The first-order chi connectivity index (χ1) is 7.58. The van der Waals surface area contributed by atoms with E-state index in [-0.39, 0.29) is 6.10 Å². The van der Waals surface area contributed by atoms with Crippen LogP contribution in [0.4, 0.5) is 0 Å². The molecule has 1 unspecified atom stereocenters. The average molecular weight is 224 g/mol. The van der Waals surface area contributed by atoms with E-state index >= 15 is 0 Å². The molecule has 0 aliphatic rings. The highest BCUT2D eigenvalue weighted by atomic mass is 16.5. The van der Waals surface area contributed by atoms with Crippen LogP contribution >= 0.6 is 0 Å². The maximum absolute atomic E-state index is 9.47. The van der Waals surface area contributed by atoms with Crippen molar-refractivity contribution in [3.8, 4) is 11.5 Å². The third kappa shape index (κ3) is 3.14. The molecule has 1 aromatic carbocycles. The van der Waals surface area contributed by atoms with Gasteiger partial charge < -0.3 is 14.6 Å². The summed E-state index contributed by atoms with van der Waals surface area (Å²) in [5.41, 5.74) is 0.827. The zero-order chi connectivity index (χ0) is 12.1. The highest BCUT2D eigenvalue weighted by Crippen LogP contribution is 2.31. The molecule has 0 heterocycles. The maximum Gasteiger partial charge on any atom is 0.161 e. The molecule has 1 rings (SSSR count). The third-order valence-electron chi connectivity index (χ3n) is 2.57. The first-order valence-electron chi connectivity index (χ1n) is 5.61. The molecule has 0 radical (unpaired) electrons. The van der Waals surface area contributed by atoms with E-state index in [1.807, 2.05) is 25.1 Å². The third-order valence-corrected chi connectivity index (χ3v) is 2.57. The van der Waals surface area contributed by atoms with E-state index in [1.54, 1.807) is 14.0 Å². The van der Waals surface area contributed by atoms with Gasteiger partial charge in [-0.1, -0.05) is 13.0 Å². The molecule has 3 heteroatoms. The largest absolute Gasteiger partial charge is 0.493 e. The van der Waals surface area contributed by atoms with Gasteiger partial charge in [-0.3, -0.25) is 0 Å². The fourth-order valence-corrected chi connectivity index (χ4v) is 1.34. The van der Waals surface area contributed by atoms with Crippen molar-refractivity contribution >= 4 is 0 Å². The summed E-state index contributed by atoms with van der Waals surface area (Å²) in [7, 11) is 1.60. The Morgan fingerprint density at radius 1 is 1.25 bits per heavy atom. The van der Waals surface area contributed by atoms with Gasteiger partial charge in [0, 0.05) is 0 Å². The minimum atomic E-state index is -0.494. The molecule has 0 aliphatic carbocycles. The topological polar surface area (TPSA) is 38.7 Å². The highest BCUT2D eigenvalue weighted by molar-refractivity contribution is 5.43. The van der Waals surface area contributed by atoms with Gasteiger partial charge in [0.2, 0.25) is 0 Å². The molecule has 0 aliphatic heterocycles. The summed E-state index contributed by atoms with van der Waals surface area (Å²) in [6.07, 6.45) is 0.610. The van der Waals surface area contributed by atoms with Crippen LogP contribution in [0.25, 0.3) is 0 Å². The second-order valence-electron chi connectivity index (χ2n) is 3.92. The molecule has 0 aromatic heterocycles. The van der Waals surface area contributed by atoms with Crippen LogP contribution in [-0.2, 0) is 0 Å². The smallest absolute Gasteiger partial charge is 0.161 e. The van der Waals surface area contributed by atoms with Gasteiger partial charge in [0.05, 0.1) is 19.3 Å². The van der Waals surface area contributed by atoms with Crippen LogP contribution in [-0.4, -0.2) is 18.3 Å². The van der Waals surface area contributed by atoms with Crippen LogP contribution < -0.4 is 9.47 Å². The van der Waals surface area contributed by atoms with Crippen molar-refractivity contribution in [2.75, 3.05) is 7.11 Å². The lowest BCUT2D eigenvalue weighted by atomic mass is 10.1. The predicted octanol–water partition coefficient (Wildman–Crippen LogP) is 2.93. The van der Waals surface area contributed by atoms with Crippen molar-refractivity contribution in [2.24, 2.45) is 0 Å². The highest BCUT2D eigenvalue weighted by Gasteiger charge is 2.10. The van der Waals surface area contributed by atoms with E-state index in [2.05, 4.69) is 6.92 Å². The van der Waals surface area contributed by atoms with Crippen LogP contribution in [0.15, 0.2) is 18.2 Å². The summed E-state index contributed by atoms with van der Waals surface area (Å²) in [5, 5.41) is 9.47. The Bertz CT molecular complexity index is 334. The number of rotatable bonds is 5. The molecule has 0 saturated heterocycles. The van der Waals surface area contributed by atoms with Gasteiger partial charge in [-0.2, -0.15) is 0 Å². The van der Waals surface area contributed by atoms with Gasteiger partial charge in [0.15, 0.2) is 11.5 Å². The van der Waals surface area contributed by atoms with Crippen LogP contribution in [0.3, 0.4) is 0 Å². The molecule has 16 heavy (non-hydrogen) atoms. The van der Waals surface area contributed by atoms with Gasteiger partial charge in [-0.15, -0.1) is 0 Å². The standard InChI is InChI=1S/C13H20O3/c1-5-9(2)16-12-7-6-11(10(3)14)8-13(12)15-4/h6-10,14H,5H2,1-4H3/t9?,10-/m0/s1. The summed E-state index contributed by atoms with van der Waals surface area (Å²) in [6, 6.07) is 5.50. The van der Waals surface area contributed by atoms with Crippen molar-refractivity contribution in [3.63, 3.8) is 0 Å². The van der Waals surface area contributed by atoms with Gasteiger partial charge >= 0.3 is 0 Å².